The third-order valence-corrected chi connectivity index (χ3v) is 6.70. The SMILES string of the molecule is CCN(CC)S(=O)(=O)c1cc(C(=O)OCCCc2cccc(C)n2)ccc1C. The number of hydrogen-bond donors (Lipinski definition) is 0. The fourth-order valence-electron chi connectivity index (χ4n) is 2.95. The van der Waals surface area contributed by atoms with Crippen LogP contribution in [-0.4, -0.2) is 43.4 Å². The molecule has 0 aliphatic carbocycles. The normalized spacial score (nSPS) is 11.6. The van der Waals surface area contributed by atoms with Crippen molar-refractivity contribution in [3.8, 4) is 0 Å². The molecule has 0 N–H and O–H groups in total. The first-order valence-corrected chi connectivity index (χ1v) is 10.9. The van der Waals surface area contributed by atoms with E-state index in [1.54, 1.807) is 32.9 Å². The van der Waals surface area contributed by atoms with Gasteiger partial charge in [-0.1, -0.05) is 26.0 Å². The van der Waals surface area contributed by atoms with Gasteiger partial charge < -0.3 is 4.74 Å². The van der Waals surface area contributed by atoms with E-state index in [-0.39, 0.29) is 17.1 Å². The molecule has 0 spiro atoms. The van der Waals surface area contributed by atoms with Crippen LogP contribution in [0.4, 0.5) is 0 Å². The van der Waals surface area contributed by atoms with Crippen LogP contribution in [-0.2, 0) is 21.2 Å². The summed E-state index contributed by atoms with van der Waals surface area (Å²) in [4.78, 5) is 16.9. The molecule has 7 heteroatoms. The van der Waals surface area contributed by atoms with Crippen LogP contribution in [0.25, 0.3) is 0 Å². The smallest absolute Gasteiger partial charge is 0.338 e. The number of rotatable bonds is 9. The molecular weight excluding hydrogens is 376 g/mol. The predicted octanol–water partition coefficient (Wildman–Crippen LogP) is 3.52. The molecule has 0 fully saturated rings. The Morgan fingerprint density at radius 3 is 2.46 bits per heavy atom. The zero-order valence-electron chi connectivity index (χ0n) is 16.9. The fourth-order valence-corrected chi connectivity index (χ4v) is 4.66. The van der Waals surface area contributed by atoms with Gasteiger partial charge in [-0.2, -0.15) is 4.31 Å². The van der Waals surface area contributed by atoms with Gasteiger partial charge in [0.05, 0.1) is 17.1 Å². The molecule has 0 aliphatic heterocycles. The van der Waals surface area contributed by atoms with Gasteiger partial charge >= 0.3 is 5.97 Å². The Labute approximate surface area is 167 Å². The highest BCUT2D eigenvalue weighted by Crippen LogP contribution is 2.22. The Morgan fingerprint density at radius 1 is 1.11 bits per heavy atom. The van der Waals surface area contributed by atoms with Gasteiger partial charge in [-0.3, -0.25) is 4.98 Å². The van der Waals surface area contributed by atoms with Gasteiger partial charge in [0.1, 0.15) is 0 Å². The molecule has 28 heavy (non-hydrogen) atoms. The monoisotopic (exact) mass is 404 g/mol. The molecular formula is C21H28N2O4S. The zero-order valence-corrected chi connectivity index (χ0v) is 17.8. The minimum absolute atomic E-state index is 0.148. The van der Waals surface area contributed by atoms with Crippen LogP contribution >= 0.6 is 0 Å². The average molecular weight is 405 g/mol. The molecule has 0 aliphatic rings. The number of carbonyl (C=O) groups is 1. The molecule has 0 amide bonds. The molecule has 0 atom stereocenters. The number of esters is 1. The van der Waals surface area contributed by atoms with Crippen LogP contribution in [0.5, 0.6) is 0 Å². The molecule has 0 radical (unpaired) electrons. The molecule has 2 aromatic rings. The van der Waals surface area contributed by atoms with Crippen molar-refractivity contribution in [1.29, 1.82) is 0 Å². The van der Waals surface area contributed by atoms with Gasteiger partial charge in [-0.05, 0) is 56.5 Å². The van der Waals surface area contributed by atoms with E-state index in [1.807, 2.05) is 25.1 Å². The number of pyridine rings is 1. The molecule has 0 bridgehead atoms. The maximum Gasteiger partial charge on any atom is 0.338 e. The maximum absolute atomic E-state index is 12.8. The Morgan fingerprint density at radius 2 is 1.82 bits per heavy atom. The molecule has 0 saturated heterocycles. The highest BCUT2D eigenvalue weighted by atomic mass is 32.2. The zero-order chi connectivity index (χ0) is 20.7. The number of ether oxygens (including phenoxy) is 1. The first kappa shape index (κ1) is 22.0. The lowest BCUT2D eigenvalue weighted by molar-refractivity contribution is 0.0500. The van der Waals surface area contributed by atoms with E-state index in [4.69, 9.17) is 4.74 Å². The summed E-state index contributed by atoms with van der Waals surface area (Å²) in [5.41, 5.74) is 2.76. The molecule has 0 unspecified atom stereocenters. The standard InChI is InChI=1S/C21H28N2O4S/c1-5-23(6-2)28(25,26)20-15-18(13-12-16(20)3)21(24)27-14-8-11-19-10-7-9-17(4)22-19/h7,9-10,12-13,15H,5-6,8,11,14H2,1-4H3. The third kappa shape index (κ3) is 5.39. The second-order valence-electron chi connectivity index (χ2n) is 6.58. The molecule has 152 valence electrons. The van der Waals surface area contributed by atoms with Gasteiger partial charge in [-0.25, -0.2) is 13.2 Å². The minimum Gasteiger partial charge on any atom is -0.462 e. The average Bonchev–Trinajstić information content (AvgIpc) is 2.66. The lowest BCUT2D eigenvalue weighted by Gasteiger charge is -2.20. The first-order chi connectivity index (χ1) is 13.3. The van der Waals surface area contributed by atoms with Crippen molar-refractivity contribution in [3.05, 3.63) is 58.9 Å². The Balaban J connectivity index is 2.04. The van der Waals surface area contributed by atoms with Crippen molar-refractivity contribution in [2.45, 2.75) is 45.4 Å². The summed E-state index contributed by atoms with van der Waals surface area (Å²) in [5.74, 6) is -0.520. The van der Waals surface area contributed by atoms with Crippen molar-refractivity contribution < 1.29 is 17.9 Å². The van der Waals surface area contributed by atoms with Crippen molar-refractivity contribution in [1.82, 2.24) is 9.29 Å². The molecule has 1 aromatic heterocycles. The van der Waals surface area contributed by atoms with Gasteiger partial charge in [0.25, 0.3) is 0 Å². The van der Waals surface area contributed by atoms with E-state index < -0.39 is 16.0 Å². The van der Waals surface area contributed by atoms with Gasteiger partial charge in [0.15, 0.2) is 0 Å². The summed E-state index contributed by atoms with van der Waals surface area (Å²) < 4.78 is 32.3. The Kier molecular flexibility index (Phi) is 7.71. The fraction of sp³-hybridized carbons (Fsp3) is 0.429. The number of benzene rings is 1. The van der Waals surface area contributed by atoms with Crippen LogP contribution in [0.2, 0.25) is 0 Å². The largest absolute Gasteiger partial charge is 0.462 e. The van der Waals surface area contributed by atoms with Crippen molar-refractivity contribution in [2.24, 2.45) is 0 Å². The van der Waals surface area contributed by atoms with E-state index in [9.17, 15) is 13.2 Å². The topological polar surface area (TPSA) is 76.6 Å². The molecule has 6 nitrogen and oxygen atoms in total. The van der Waals surface area contributed by atoms with Gasteiger partial charge in [-0.15, -0.1) is 0 Å². The number of aromatic nitrogens is 1. The molecule has 1 aromatic carbocycles. The lowest BCUT2D eigenvalue weighted by atomic mass is 10.1. The number of carbonyl (C=O) groups excluding carboxylic acids is 1. The highest BCUT2D eigenvalue weighted by Gasteiger charge is 2.25. The third-order valence-electron chi connectivity index (χ3n) is 4.50. The highest BCUT2D eigenvalue weighted by molar-refractivity contribution is 7.89. The van der Waals surface area contributed by atoms with Crippen molar-refractivity contribution in [2.75, 3.05) is 19.7 Å². The van der Waals surface area contributed by atoms with Crippen LogP contribution in [0.3, 0.4) is 0 Å². The predicted molar refractivity (Wildman–Crippen MR) is 109 cm³/mol. The van der Waals surface area contributed by atoms with Crippen LogP contribution in [0, 0.1) is 13.8 Å². The number of sulfonamides is 1. The number of aryl methyl sites for hydroxylation is 3. The molecule has 2 rings (SSSR count). The second kappa shape index (κ2) is 9.80. The lowest BCUT2D eigenvalue weighted by Crippen LogP contribution is -2.31. The summed E-state index contributed by atoms with van der Waals surface area (Å²) in [6.07, 6.45) is 1.36. The van der Waals surface area contributed by atoms with Crippen LogP contribution in [0.15, 0.2) is 41.3 Å². The summed E-state index contributed by atoms with van der Waals surface area (Å²) in [6, 6.07) is 10.5. The van der Waals surface area contributed by atoms with Gasteiger partial charge in [0, 0.05) is 24.5 Å². The van der Waals surface area contributed by atoms with Crippen LogP contribution in [0.1, 0.15) is 47.6 Å². The first-order valence-electron chi connectivity index (χ1n) is 9.50. The van der Waals surface area contributed by atoms with E-state index in [0.717, 1.165) is 11.4 Å². The second-order valence-corrected chi connectivity index (χ2v) is 8.49. The van der Waals surface area contributed by atoms with Crippen molar-refractivity contribution >= 4 is 16.0 Å². The molecule has 1 heterocycles. The van der Waals surface area contributed by atoms with Gasteiger partial charge in [0.2, 0.25) is 10.0 Å². The number of hydrogen-bond acceptors (Lipinski definition) is 5. The minimum atomic E-state index is -3.64. The summed E-state index contributed by atoms with van der Waals surface area (Å²) in [5, 5.41) is 0. The quantitative estimate of drug-likeness (QED) is 0.472. The molecule has 0 saturated carbocycles. The van der Waals surface area contributed by atoms with Crippen LogP contribution < -0.4 is 0 Å². The van der Waals surface area contributed by atoms with E-state index in [2.05, 4.69) is 4.98 Å². The maximum atomic E-state index is 12.8. The van der Waals surface area contributed by atoms with E-state index >= 15 is 0 Å². The van der Waals surface area contributed by atoms with E-state index in [0.29, 0.717) is 31.5 Å². The summed E-state index contributed by atoms with van der Waals surface area (Å²) in [6.45, 7) is 8.24. The Bertz CT molecular complexity index is 922. The number of nitrogens with zero attached hydrogens (tertiary/aromatic N) is 2. The van der Waals surface area contributed by atoms with E-state index in [1.165, 1.54) is 10.4 Å². The summed E-state index contributed by atoms with van der Waals surface area (Å²) in [7, 11) is -3.64. The summed E-state index contributed by atoms with van der Waals surface area (Å²) >= 11 is 0. The Hall–Kier alpha value is -2.25. The van der Waals surface area contributed by atoms with Crippen molar-refractivity contribution in [3.63, 3.8) is 0 Å².